The molecule has 1 aliphatic rings. The van der Waals surface area contributed by atoms with Crippen molar-refractivity contribution in [2.24, 2.45) is 0 Å². The normalized spacial score (nSPS) is 16.7. The lowest BCUT2D eigenvalue weighted by molar-refractivity contribution is -0.129. The van der Waals surface area contributed by atoms with Crippen LogP contribution in [0.5, 0.6) is 0 Å². The Hall–Kier alpha value is -3.19. The molecule has 0 bridgehead atoms. The van der Waals surface area contributed by atoms with E-state index >= 15 is 0 Å². The predicted octanol–water partition coefficient (Wildman–Crippen LogP) is 3.92. The first-order chi connectivity index (χ1) is 14.1. The van der Waals surface area contributed by atoms with E-state index in [2.05, 4.69) is 4.98 Å². The molecule has 1 N–H and O–H groups in total. The molecule has 0 unspecified atom stereocenters. The van der Waals surface area contributed by atoms with Gasteiger partial charge in [0, 0.05) is 25.5 Å². The zero-order valence-corrected chi connectivity index (χ0v) is 16.8. The van der Waals surface area contributed by atoms with Crippen molar-refractivity contribution in [2.75, 3.05) is 6.54 Å². The molecular weight excluding hydrogens is 386 g/mol. The van der Waals surface area contributed by atoms with Gasteiger partial charge < -0.3 is 14.6 Å². The van der Waals surface area contributed by atoms with Crippen molar-refractivity contribution in [2.45, 2.75) is 25.9 Å². The monoisotopic (exact) mass is 407 g/mol. The van der Waals surface area contributed by atoms with Crippen molar-refractivity contribution in [1.82, 2.24) is 14.5 Å². The van der Waals surface area contributed by atoms with Crippen LogP contribution < -0.4 is 0 Å². The van der Waals surface area contributed by atoms with Crippen LogP contribution in [0.25, 0.3) is 0 Å². The Kier molecular flexibility index (Phi) is 5.31. The van der Waals surface area contributed by atoms with Gasteiger partial charge in [-0.3, -0.25) is 9.59 Å². The molecule has 0 spiro atoms. The maximum atomic E-state index is 13.1. The summed E-state index contributed by atoms with van der Waals surface area (Å²) in [6, 6.07) is 10.6. The number of Topliss-reactive ketones (excluding diaryl/α,β-unsaturated/α-hetero) is 1. The smallest absolute Gasteiger partial charge is 0.290 e. The predicted molar refractivity (Wildman–Crippen MR) is 111 cm³/mol. The largest absolute Gasteiger partial charge is 0.503 e. The fraction of sp³-hybridized carbons (Fsp3) is 0.227. The number of aliphatic hydroxyl groups excluding tert-OH is 1. The number of carbonyl (C=O) groups excluding carboxylic acids is 2. The van der Waals surface area contributed by atoms with E-state index in [9.17, 15) is 14.7 Å². The molecule has 0 fully saturated rings. The number of nitrogens with zero attached hydrogens (tertiary/aromatic N) is 3. The van der Waals surface area contributed by atoms with Crippen molar-refractivity contribution in [1.29, 1.82) is 0 Å². The van der Waals surface area contributed by atoms with E-state index in [4.69, 9.17) is 0 Å². The molecule has 0 saturated carbocycles. The molecule has 6 nitrogen and oxygen atoms in total. The third kappa shape index (κ3) is 3.73. The Balaban J connectivity index is 1.66. The number of amides is 1. The van der Waals surface area contributed by atoms with Crippen molar-refractivity contribution in [3.05, 3.63) is 87.8 Å². The van der Waals surface area contributed by atoms with Crippen LogP contribution in [0.15, 0.2) is 71.8 Å². The number of aryl methyl sites for hydroxylation is 2. The lowest BCUT2D eigenvalue weighted by Crippen LogP contribution is -2.32. The summed E-state index contributed by atoms with van der Waals surface area (Å²) in [5, 5.41) is 12.4. The summed E-state index contributed by atoms with van der Waals surface area (Å²) in [5.41, 5.74) is 2.06. The van der Waals surface area contributed by atoms with Gasteiger partial charge >= 0.3 is 0 Å². The van der Waals surface area contributed by atoms with E-state index in [0.717, 1.165) is 11.1 Å². The first kappa shape index (κ1) is 19.1. The highest BCUT2D eigenvalue weighted by Crippen LogP contribution is 2.39. The fourth-order valence-corrected chi connectivity index (χ4v) is 4.27. The Morgan fingerprint density at radius 1 is 1.21 bits per heavy atom. The molecule has 1 aliphatic heterocycles. The minimum Gasteiger partial charge on any atom is -0.503 e. The van der Waals surface area contributed by atoms with E-state index < -0.39 is 17.7 Å². The maximum Gasteiger partial charge on any atom is 0.290 e. The second-order valence-corrected chi connectivity index (χ2v) is 7.98. The van der Waals surface area contributed by atoms with E-state index in [1.807, 2.05) is 47.3 Å². The van der Waals surface area contributed by atoms with E-state index in [-0.39, 0.29) is 11.4 Å². The van der Waals surface area contributed by atoms with Gasteiger partial charge in [0.25, 0.3) is 5.91 Å². The third-order valence-electron chi connectivity index (χ3n) is 5.06. The first-order valence-electron chi connectivity index (χ1n) is 9.41. The number of hydrogen-bond acceptors (Lipinski definition) is 5. The number of aliphatic hydroxyl groups is 1. The zero-order valence-electron chi connectivity index (χ0n) is 16.0. The molecule has 0 aliphatic carbocycles. The summed E-state index contributed by atoms with van der Waals surface area (Å²) in [7, 11) is 0. The summed E-state index contributed by atoms with van der Waals surface area (Å²) in [6.45, 7) is 3.09. The molecule has 1 amide bonds. The van der Waals surface area contributed by atoms with Gasteiger partial charge in [0.15, 0.2) is 5.76 Å². The topological polar surface area (TPSA) is 75.4 Å². The summed E-state index contributed by atoms with van der Waals surface area (Å²) in [4.78, 5) is 32.1. The lowest BCUT2D eigenvalue weighted by Gasteiger charge is -2.27. The second-order valence-electron chi connectivity index (χ2n) is 7.03. The van der Waals surface area contributed by atoms with Crippen LogP contribution in [0.2, 0.25) is 0 Å². The van der Waals surface area contributed by atoms with Crippen LogP contribution >= 0.6 is 11.3 Å². The standard InChI is InChI=1S/C22H21N3O3S/c1-15-5-7-16(8-6-15)19-18(20(26)17-4-2-13-29-17)21(27)22(28)25(19)11-3-10-24-12-9-23-14-24/h2,4-9,12-14,19,27H,3,10-11H2,1H3/t19-/m0/s1. The van der Waals surface area contributed by atoms with E-state index in [1.165, 1.54) is 11.3 Å². The highest BCUT2D eigenvalue weighted by atomic mass is 32.1. The van der Waals surface area contributed by atoms with Gasteiger partial charge in [0.1, 0.15) is 0 Å². The minimum absolute atomic E-state index is 0.156. The van der Waals surface area contributed by atoms with Crippen molar-refractivity contribution in [3.8, 4) is 0 Å². The molecule has 0 saturated heterocycles. The highest BCUT2D eigenvalue weighted by Gasteiger charge is 2.43. The van der Waals surface area contributed by atoms with E-state index in [1.54, 1.807) is 29.6 Å². The molecule has 1 atom stereocenters. The Bertz CT molecular complexity index is 1040. The molecule has 0 radical (unpaired) electrons. The fourth-order valence-electron chi connectivity index (χ4n) is 3.59. The van der Waals surface area contributed by atoms with Gasteiger partial charge in [-0.15, -0.1) is 11.3 Å². The number of rotatable bonds is 7. The average Bonchev–Trinajstić information content (AvgIpc) is 3.47. The van der Waals surface area contributed by atoms with Crippen LogP contribution in [0.1, 0.15) is 33.3 Å². The third-order valence-corrected chi connectivity index (χ3v) is 5.93. The van der Waals surface area contributed by atoms with E-state index in [0.29, 0.717) is 24.4 Å². The van der Waals surface area contributed by atoms with Crippen LogP contribution in [-0.4, -0.2) is 37.8 Å². The highest BCUT2D eigenvalue weighted by molar-refractivity contribution is 7.12. The molecule has 4 rings (SSSR count). The SMILES string of the molecule is Cc1ccc([C@H]2C(C(=O)c3cccs3)=C(O)C(=O)N2CCCn2ccnc2)cc1. The number of carbonyl (C=O) groups is 2. The second kappa shape index (κ2) is 8.05. The molecule has 3 heterocycles. The lowest BCUT2D eigenvalue weighted by atomic mass is 9.95. The zero-order chi connectivity index (χ0) is 20.4. The Labute approximate surface area is 172 Å². The number of hydrogen-bond donors (Lipinski definition) is 1. The van der Waals surface area contributed by atoms with Gasteiger partial charge in [-0.25, -0.2) is 4.98 Å². The van der Waals surface area contributed by atoms with Crippen LogP contribution in [-0.2, 0) is 11.3 Å². The molecule has 148 valence electrons. The number of benzene rings is 1. The van der Waals surface area contributed by atoms with Gasteiger partial charge in [-0.1, -0.05) is 35.9 Å². The van der Waals surface area contributed by atoms with Crippen LogP contribution in [0, 0.1) is 6.92 Å². The summed E-state index contributed by atoms with van der Waals surface area (Å²) < 4.78 is 1.94. The average molecular weight is 407 g/mol. The van der Waals surface area contributed by atoms with Gasteiger partial charge in [-0.05, 0) is 30.4 Å². The number of imidazole rings is 1. The number of ketones is 1. The molecule has 2 aromatic heterocycles. The summed E-state index contributed by atoms with van der Waals surface area (Å²) in [6.07, 6.45) is 5.98. The van der Waals surface area contributed by atoms with Crippen LogP contribution in [0.3, 0.4) is 0 Å². The first-order valence-corrected chi connectivity index (χ1v) is 10.3. The Morgan fingerprint density at radius 3 is 2.66 bits per heavy atom. The summed E-state index contributed by atoms with van der Waals surface area (Å²) in [5.74, 6) is -1.24. The van der Waals surface area contributed by atoms with Gasteiger partial charge in [0.05, 0.1) is 22.8 Å². The summed E-state index contributed by atoms with van der Waals surface area (Å²) >= 11 is 1.30. The van der Waals surface area contributed by atoms with Crippen molar-refractivity contribution in [3.63, 3.8) is 0 Å². The van der Waals surface area contributed by atoms with Crippen LogP contribution in [0.4, 0.5) is 0 Å². The van der Waals surface area contributed by atoms with Gasteiger partial charge in [-0.2, -0.15) is 0 Å². The van der Waals surface area contributed by atoms with Crippen molar-refractivity contribution >= 4 is 23.0 Å². The molecule has 29 heavy (non-hydrogen) atoms. The molecule has 1 aromatic carbocycles. The quantitative estimate of drug-likeness (QED) is 0.603. The Morgan fingerprint density at radius 2 is 2.00 bits per heavy atom. The molecule has 3 aromatic rings. The minimum atomic E-state index is -0.597. The molecular formula is C22H21N3O3S. The maximum absolute atomic E-state index is 13.1. The number of thiophene rings is 1. The van der Waals surface area contributed by atoms with Crippen molar-refractivity contribution < 1.29 is 14.7 Å². The molecule has 7 heteroatoms. The van der Waals surface area contributed by atoms with Gasteiger partial charge in [0.2, 0.25) is 5.78 Å². The number of aromatic nitrogens is 2.